The second-order valence-corrected chi connectivity index (χ2v) is 10.3. The molecular weight excluding hydrogens is 462 g/mol. The molecule has 0 aromatic carbocycles. The summed E-state index contributed by atoms with van der Waals surface area (Å²) in [4.78, 5) is 25.9. The second kappa shape index (κ2) is 8.71. The number of carbonyl (C=O) groups excluding carboxylic acids is 1. The monoisotopic (exact) mass is 489 g/mol. The van der Waals surface area contributed by atoms with Crippen LogP contribution in [0.15, 0.2) is 48.0 Å². The maximum atomic E-state index is 13.1. The number of methoxy groups -OCH3 is 1. The number of amides is 1. The zero-order valence-corrected chi connectivity index (χ0v) is 20.3. The van der Waals surface area contributed by atoms with Crippen molar-refractivity contribution in [2.75, 3.05) is 31.6 Å². The first-order valence-corrected chi connectivity index (χ1v) is 12.7. The topological polar surface area (TPSA) is 111 Å². The van der Waals surface area contributed by atoms with Crippen molar-refractivity contribution >= 4 is 28.7 Å². The zero-order chi connectivity index (χ0) is 24.0. The van der Waals surface area contributed by atoms with Crippen molar-refractivity contribution in [3.63, 3.8) is 0 Å². The summed E-state index contributed by atoms with van der Waals surface area (Å²) < 4.78 is 7.16. The Morgan fingerprint density at radius 2 is 2.06 bits per heavy atom. The number of aromatic nitrogens is 4. The summed E-state index contributed by atoms with van der Waals surface area (Å²) in [6.07, 6.45) is 5.06. The van der Waals surface area contributed by atoms with Crippen LogP contribution in [0.2, 0.25) is 0 Å². The molecule has 0 atom stereocenters. The number of hydrogen-bond donors (Lipinski definition) is 2. The van der Waals surface area contributed by atoms with Crippen LogP contribution in [0.5, 0.6) is 0 Å². The van der Waals surface area contributed by atoms with Crippen LogP contribution in [-0.4, -0.2) is 63.9 Å². The quantitative estimate of drug-likeness (QED) is 0.411. The summed E-state index contributed by atoms with van der Waals surface area (Å²) in [5.74, 6) is 0.577. The van der Waals surface area contributed by atoms with Crippen LogP contribution in [0.25, 0.3) is 27.6 Å². The molecule has 1 saturated carbocycles. The highest BCUT2D eigenvalue weighted by Gasteiger charge is 2.33. The Bertz CT molecular complexity index is 1370. The standard InChI is InChI=1S/C25H27N7O2S/c1-34-17-13-31(14-17)22-11-16(24(33)27-15-25(26)6-3-7-25)10-19(29-22)20-12-23-28-18(5-8-32(23)30-20)21-4-2-9-35-21/h2,4-5,8-12,17H,3,6-7,13-15,26H2,1H3,(H,27,33). The molecule has 0 radical (unpaired) electrons. The fourth-order valence-electron chi connectivity index (χ4n) is 4.45. The second-order valence-electron chi connectivity index (χ2n) is 9.38. The highest BCUT2D eigenvalue weighted by Crippen LogP contribution is 2.30. The van der Waals surface area contributed by atoms with E-state index in [0.717, 1.165) is 54.4 Å². The van der Waals surface area contributed by atoms with Gasteiger partial charge in [-0.15, -0.1) is 11.3 Å². The minimum atomic E-state index is -0.287. The minimum absolute atomic E-state index is 0.155. The molecule has 180 valence electrons. The number of nitrogens with one attached hydrogen (secondary N) is 1. The summed E-state index contributed by atoms with van der Waals surface area (Å²) in [7, 11) is 1.71. The molecule has 1 aliphatic carbocycles. The van der Waals surface area contributed by atoms with Crippen molar-refractivity contribution < 1.29 is 9.53 Å². The Morgan fingerprint density at radius 1 is 1.20 bits per heavy atom. The van der Waals surface area contributed by atoms with Gasteiger partial charge in [0.2, 0.25) is 0 Å². The van der Waals surface area contributed by atoms with E-state index in [1.807, 2.05) is 41.9 Å². The van der Waals surface area contributed by atoms with Crippen molar-refractivity contribution in [3.8, 4) is 22.0 Å². The zero-order valence-electron chi connectivity index (χ0n) is 19.5. The molecule has 4 aromatic heterocycles. The fourth-order valence-corrected chi connectivity index (χ4v) is 5.14. The lowest BCUT2D eigenvalue weighted by Crippen LogP contribution is -2.55. The van der Waals surface area contributed by atoms with Gasteiger partial charge in [0.25, 0.3) is 5.91 Å². The van der Waals surface area contributed by atoms with E-state index >= 15 is 0 Å². The molecule has 4 aromatic rings. The lowest BCUT2D eigenvalue weighted by molar-refractivity contribution is 0.0783. The predicted octanol–water partition coefficient (Wildman–Crippen LogP) is 2.97. The van der Waals surface area contributed by atoms with Gasteiger partial charge in [0, 0.05) is 50.1 Å². The Balaban J connectivity index is 1.33. The van der Waals surface area contributed by atoms with E-state index in [2.05, 4.69) is 15.3 Å². The Kier molecular flexibility index (Phi) is 5.51. The number of thiophene rings is 1. The Hall–Kier alpha value is -3.34. The van der Waals surface area contributed by atoms with Gasteiger partial charge in [0.1, 0.15) is 11.5 Å². The highest BCUT2D eigenvalue weighted by atomic mass is 32.1. The molecule has 1 saturated heterocycles. The summed E-state index contributed by atoms with van der Waals surface area (Å²) >= 11 is 1.65. The van der Waals surface area contributed by atoms with Crippen molar-refractivity contribution in [2.45, 2.75) is 30.9 Å². The molecule has 6 rings (SSSR count). The summed E-state index contributed by atoms with van der Waals surface area (Å²) in [5, 5.41) is 9.74. The first kappa shape index (κ1) is 22.1. The van der Waals surface area contributed by atoms with E-state index in [9.17, 15) is 4.79 Å². The third-order valence-corrected chi connectivity index (χ3v) is 7.78. The molecular formula is C25H27N7O2S. The smallest absolute Gasteiger partial charge is 0.251 e. The van der Waals surface area contributed by atoms with E-state index in [-0.39, 0.29) is 17.6 Å². The number of nitrogens with zero attached hydrogens (tertiary/aromatic N) is 5. The van der Waals surface area contributed by atoms with E-state index in [0.29, 0.717) is 23.5 Å². The molecule has 10 heteroatoms. The minimum Gasteiger partial charge on any atom is -0.378 e. The van der Waals surface area contributed by atoms with Crippen LogP contribution in [0.1, 0.15) is 29.6 Å². The molecule has 0 unspecified atom stereocenters. The van der Waals surface area contributed by atoms with Crippen LogP contribution in [-0.2, 0) is 4.74 Å². The average Bonchev–Trinajstić information content (AvgIpc) is 3.50. The number of rotatable bonds is 7. The van der Waals surface area contributed by atoms with Gasteiger partial charge < -0.3 is 20.7 Å². The van der Waals surface area contributed by atoms with Crippen molar-refractivity contribution in [1.82, 2.24) is 24.9 Å². The van der Waals surface area contributed by atoms with Crippen LogP contribution in [0.4, 0.5) is 5.82 Å². The number of pyridine rings is 1. The van der Waals surface area contributed by atoms with Gasteiger partial charge in [-0.3, -0.25) is 4.79 Å². The average molecular weight is 490 g/mol. The van der Waals surface area contributed by atoms with Crippen molar-refractivity contribution in [1.29, 1.82) is 0 Å². The van der Waals surface area contributed by atoms with Gasteiger partial charge in [-0.1, -0.05) is 6.07 Å². The third-order valence-electron chi connectivity index (χ3n) is 6.89. The van der Waals surface area contributed by atoms with Crippen molar-refractivity contribution in [3.05, 3.63) is 53.5 Å². The van der Waals surface area contributed by atoms with Crippen LogP contribution in [0.3, 0.4) is 0 Å². The predicted molar refractivity (Wildman–Crippen MR) is 136 cm³/mol. The van der Waals surface area contributed by atoms with Crippen LogP contribution < -0.4 is 16.0 Å². The number of anilines is 1. The maximum Gasteiger partial charge on any atom is 0.251 e. The van der Waals surface area contributed by atoms with Gasteiger partial charge in [-0.05, 0) is 48.9 Å². The van der Waals surface area contributed by atoms with E-state index in [1.165, 1.54) is 0 Å². The number of carbonyl (C=O) groups is 1. The van der Waals surface area contributed by atoms with Gasteiger partial charge in [-0.25, -0.2) is 14.5 Å². The molecule has 1 amide bonds. The SMILES string of the molecule is COC1CN(c2cc(C(=O)NCC3(N)CCC3)cc(-c3cc4nc(-c5cccs5)ccn4n3)n2)C1. The largest absolute Gasteiger partial charge is 0.378 e. The van der Waals surface area contributed by atoms with Crippen molar-refractivity contribution in [2.24, 2.45) is 5.73 Å². The summed E-state index contributed by atoms with van der Waals surface area (Å²) in [5.41, 5.74) is 9.48. The first-order chi connectivity index (χ1) is 17.0. The molecule has 1 aliphatic heterocycles. The van der Waals surface area contributed by atoms with E-state index in [4.69, 9.17) is 20.4 Å². The van der Waals surface area contributed by atoms with Gasteiger partial charge in [-0.2, -0.15) is 5.10 Å². The molecule has 5 heterocycles. The molecule has 2 fully saturated rings. The maximum absolute atomic E-state index is 13.1. The summed E-state index contributed by atoms with van der Waals surface area (Å²) in [6.45, 7) is 1.94. The fraction of sp³-hybridized carbons (Fsp3) is 0.360. The molecule has 2 aliphatic rings. The molecule has 3 N–H and O–H groups in total. The van der Waals surface area contributed by atoms with Gasteiger partial charge in [0.15, 0.2) is 5.65 Å². The lowest BCUT2D eigenvalue weighted by Gasteiger charge is -2.39. The number of fused-ring (bicyclic) bond motifs is 1. The number of nitrogens with two attached hydrogens (primary N) is 1. The first-order valence-electron chi connectivity index (χ1n) is 11.8. The molecule has 0 bridgehead atoms. The van der Waals surface area contributed by atoms with Crippen LogP contribution >= 0.6 is 11.3 Å². The third kappa shape index (κ3) is 4.29. The van der Waals surface area contributed by atoms with Gasteiger partial charge in [0.05, 0.1) is 22.4 Å². The molecule has 0 spiro atoms. The summed E-state index contributed by atoms with van der Waals surface area (Å²) in [6, 6.07) is 11.5. The normalized spacial score (nSPS) is 17.3. The molecule has 9 nitrogen and oxygen atoms in total. The molecule has 35 heavy (non-hydrogen) atoms. The van der Waals surface area contributed by atoms with Crippen LogP contribution in [0, 0.1) is 0 Å². The Labute approximate surface area is 206 Å². The van der Waals surface area contributed by atoms with E-state index < -0.39 is 0 Å². The number of ether oxygens (including phenoxy) is 1. The van der Waals surface area contributed by atoms with E-state index in [1.54, 1.807) is 29.0 Å². The van der Waals surface area contributed by atoms with Gasteiger partial charge >= 0.3 is 0 Å². The number of hydrogen-bond acceptors (Lipinski definition) is 8. The Morgan fingerprint density at radius 3 is 2.77 bits per heavy atom. The lowest BCUT2D eigenvalue weighted by atomic mass is 9.78. The highest BCUT2D eigenvalue weighted by molar-refractivity contribution is 7.13.